The fraction of sp³-hybridized carbons (Fsp3) is 0.368. The van der Waals surface area contributed by atoms with Crippen molar-refractivity contribution >= 4 is 17.5 Å². The van der Waals surface area contributed by atoms with Crippen LogP contribution in [0.3, 0.4) is 0 Å². The summed E-state index contributed by atoms with van der Waals surface area (Å²) in [5.41, 5.74) is 5.78. The van der Waals surface area contributed by atoms with E-state index in [4.69, 9.17) is 4.74 Å². The van der Waals surface area contributed by atoms with Crippen LogP contribution in [-0.4, -0.2) is 35.9 Å². The van der Waals surface area contributed by atoms with E-state index in [-0.39, 0.29) is 18.5 Å². The van der Waals surface area contributed by atoms with Crippen LogP contribution >= 0.6 is 0 Å². The standard InChI is InChI=1S/C19H22N4O2/c1-4-23(5-2)13-8-6-12(7-9-13)16-15-11(3)21-22-18(15)20-14-10-25-19(24)17(14)16/h6-9,16H,4-5,10H2,1-3H3,(H2,20,21,22). The van der Waals surface area contributed by atoms with Gasteiger partial charge in [0.1, 0.15) is 6.61 Å². The van der Waals surface area contributed by atoms with E-state index in [1.807, 2.05) is 6.92 Å². The summed E-state index contributed by atoms with van der Waals surface area (Å²) in [4.78, 5) is 14.6. The number of H-pyrrole nitrogens is 1. The van der Waals surface area contributed by atoms with E-state index in [2.05, 4.69) is 58.5 Å². The molecule has 0 spiro atoms. The number of esters is 1. The first-order valence-corrected chi connectivity index (χ1v) is 8.71. The number of cyclic esters (lactones) is 1. The number of hydrogen-bond acceptors (Lipinski definition) is 5. The molecule has 0 saturated heterocycles. The Morgan fingerprint density at radius 3 is 2.64 bits per heavy atom. The molecule has 0 saturated carbocycles. The maximum absolute atomic E-state index is 12.3. The monoisotopic (exact) mass is 338 g/mol. The Morgan fingerprint density at radius 2 is 1.96 bits per heavy atom. The highest BCUT2D eigenvalue weighted by atomic mass is 16.5. The number of hydrogen-bond donors (Lipinski definition) is 2. The van der Waals surface area contributed by atoms with E-state index in [0.717, 1.165) is 41.4 Å². The van der Waals surface area contributed by atoms with E-state index >= 15 is 0 Å². The predicted molar refractivity (Wildman–Crippen MR) is 96.8 cm³/mol. The van der Waals surface area contributed by atoms with Gasteiger partial charge in [-0.2, -0.15) is 5.10 Å². The van der Waals surface area contributed by atoms with Crippen molar-refractivity contribution in [3.63, 3.8) is 0 Å². The SMILES string of the molecule is CCN(CC)c1ccc(C2C3=C(COC3=O)Nc3n[nH]c(C)c32)cc1. The van der Waals surface area contributed by atoms with Crippen molar-refractivity contribution in [1.82, 2.24) is 10.2 Å². The van der Waals surface area contributed by atoms with Crippen molar-refractivity contribution in [2.75, 3.05) is 29.9 Å². The van der Waals surface area contributed by atoms with Crippen LogP contribution in [0.25, 0.3) is 0 Å². The molecule has 2 aliphatic heterocycles. The summed E-state index contributed by atoms with van der Waals surface area (Å²) >= 11 is 0. The van der Waals surface area contributed by atoms with Crippen LogP contribution in [0.4, 0.5) is 11.5 Å². The topological polar surface area (TPSA) is 70.2 Å². The van der Waals surface area contributed by atoms with Crippen LogP contribution < -0.4 is 10.2 Å². The molecule has 0 aliphatic carbocycles. The fourth-order valence-electron chi connectivity index (χ4n) is 3.79. The lowest BCUT2D eigenvalue weighted by Crippen LogP contribution is -2.22. The van der Waals surface area contributed by atoms with Crippen molar-refractivity contribution < 1.29 is 9.53 Å². The van der Waals surface area contributed by atoms with Crippen LogP contribution in [0.5, 0.6) is 0 Å². The number of fused-ring (bicyclic) bond motifs is 1. The van der Waals surface area contributed by atoms with E-state index in [1.54, 1.807) is 0 Å². The highest BCUT2D eigenvalue weighted by Gasteiger charge is 2.40. The van der Waals surface area contributed by atoms with E-state index in [0.29, 0.717) is 5.57 Å². The molecule has 2 aliphatic rings. The molecule has 25 heavy (non-hydrogen) atoms. The normalized spacial score (nSPS) is 18.5. The Hall–Kier alpha value is -2.76. The molecular formula is C19H22N4O2. The molecular weight excluding hydrogens is 316 g/mol. The molecule has 1 aromatic carbocycles. The van der Waals surface area contributed by atoms with Gasteiger partial charge < -0.3 is 15.0 Å². The summed E-state index contributed by atoms with van der Waals surface area (Å²) in [7, 11) is 0. The quantitative estimate of drug-likeness (QED) is 0.839. The van der Waals surface area contributed by atoms with Gasteiger partial charge in [-0.3, -0.25) is 5.10 Å². The highest BCUT2D eigenvalue weighted by molar-refractivity contribution is 5.97. The lowest BCUT2D eigenvalue weighted by atomic mass is 9.82. The molecule has 1 atom stereocenters. The summed E-state index contributed by atoms with van der Waals surface area (Å²) < 4.78 is 5.27. The van der Waals surface area contributed by atoms with E-state index < -0.39 is 0 Å². The summed E-state index contributed by atoms with van der Waals surface area (Å²) in [6.07, 6.45) is 0. The number of nitrogens with zero attached hydrogens (tertiary/aromatic N) is 2. The summed E-state index contributed by atoms with van der Waals surface area (Å²) in [5, 5.41) is 10.6. The number of aryl methyl sites for hydroxylation is 1. The Kier molecular flexibility index (Phi) is 3.75. The molecule has 4 rings (SSSR count). The van der Waals surface area contributed by atoms with Gasteiger partial charge in [-0.25, -0.2) is 4.79 Å². The third kappa shape index (κ3) is 2.40. The maximum Gasteiger partial charge on any atom is 0.337 e. The van der Waals surface area contributed by atoms with Gasteiger partial charge in [-0.15, -0.1) is 0 Å². The third-order valence-electron chi connectivity index (χ3n) is 5.09. The second-order valence-corrected chi connectivity index (χ2v) is 6.40. The summed E-state index contributed by atoms with van der Waals surface area (Å²) in [6.45, 7) is 8.50. The smallest absolute Gasteiger partial charge is 0.337 e. The van der Waals surface area contributed by atoms with Crippen molar-refractivity contribution in [2.24, 2.45) is 0 Å². The molecule has 0 amide bonds. The first kappa shape index (κ1) is 15.7. The van der Waals surface area contributed by atoms with Crippen molar-refractivity contribution in [3.05, 3.63) is 52.4 Å². The van der Waals surface area contributed by atoms with Crippen molar-refractivity contribution in [3.8, 4) is 0 Å². The van der Waals surface area contributed by atoms with Gasteiger partial charge in [0, 0.05) is 36.0 Å². The largest absolute Gasteiger partial charge is 0.456 e. The van der Waals surface area contributed by atoms with Gasteiger partial charge >= 0.3 is 5.97 Å². The molecule has 130 valence electrons. The Labute approximate surface area is 146 Å². The molecule has 1 unspecified atom stereocenters. The number of aromatic nitrogens is 2. The fourth-order valence-corrected chi connectivity index (χ4v) is 3.79. The zero-order chi connectivity index (χ0) is 17.6. The highest BCUT2D eigenvalue weighted by Crippen LogP contribution is 2.44. The molecule has 6 nitrogen and oxygen atoms in total. The van der Waals surface area contributed by atoms with E-state index in [9.17, 15) is 4.79 Å². The number of carbonyl (C=O) groups excluding carboxylic acids is 1. The van der Waals surface area contributed by atoms with Gasteiger partial charge in [0.05, 0.1) is 11.3 Å². The molecule has 3 heterocycles. The summed E-state index contributed by atoms with van der Waals surface area (Å²) in [6, 6.07) is 8.46. The molecule has 0 radical (unpaired) electrons. The Morgan fingerprint density at radius 1 is 1.24 bits per heavy atom. The van der Waals surface area contributed by atoms with Crippen molar-refractivity contribution in [1.29, 1.82) is 0 Å². The average molecular weight is 338 g/mol. The van der Waals surface area contributed by atoms with Crippen LogP contribution in [0.2, 0.25) is 0 Å². The predicted octanol–water partition coefficient (Wildman–Crippen LogP) is 2.93. The van der Waals surface area contributed by atoms with Gasteiger partial charge in [-0.1, -0.05) is 12.1 Å². The lowest BCUT2D eigenvalue weighted by Gasteiger charge is -2.26. The van der Waals surface area contributed by atoms with Crippen LogP contribution in [0.15, 0.2) is 35.5 Å². The second kappa shape index (κ2) is 5.95. The van der Waals surface area contributed by atoms with Crippen LogP contribution in [0, 0.1) is 6.92 Å². The number of anilines is 2. The van der Waals surface area contributed by atoms with Gasteiger partial charge in [0.25, 0.3) is 0 Å². The zero-order valence-electron chi connectivity index (χ0n) is 14.7. The molecule has 2 N–H and O–H groups in total. The minimum absolute atomic E-state index is 0.147. The first-order chi connectivity index (χ1) is 12.1. The number of benzene rings is 1. The average Bonchev–Trinajstić information content (AvgIpc) is 3.19. The molecule has 6 heteroatoms. The number of aromatic amines is 1. The Bertz CT molecular complexity index is 847. The third-order valence-corrected chi connectivity index (χ3v) is 5.09. The van der Waals surface area contributed by atoms with Crippen LogP contribution in [0.1, 0.15) is 36.6 Å². The van der Waals surface area contributed by atoms with Gasteiger partial charge in [0.2, 0.25) is 0 Å². The number of nitrogens with one attached hydrogen (secondary N) is 2. The number of carbonyl (C=O) groups is 1. The van der Waals surface area contributed by atoms with E-state index in [1.165, 1.54) is 5.69 Å². The number of rotatable bonds is 4. The summed E-state index contributed by atoms with van der Waals surface area (Å²) in [5.74, 6) is 0.393. The molecule has 2 aromatic rings. The second-order valence-electron chi connectivity index (χ2n) is 6.40. The van der Waals surface area contributed by atoms with Crippen molar-refractivity contribution in [2.45, 2.75) is 26.7 Å². The minimum Gasteiger partial charge on any atom is -0.456 e. The molecule has 0 fully saturated rings. The lowest BCUT2D eigenvalue weighted by molar-refractivity contribution is -0.136. The first-order valence-electron chi connectivity index (χ1n) is 8.71. The Balaban J connectivity index is 1.79. The molecule has 0 bridgehead atoms. The molecule has 1 aromatic heterocycles. The van der Waals surface area contributed by atoms with Gasteiger partial charge in [-0.05, 0) is 38.5 Å². The minimum atomic E-state index is -0.244. The van der Waals surface area contributed by atoms with Crippen LogP contribution in [-0.2, 0) is 9.53 Å². The maximum atomic E-state index is 12.3. The van der Waals surface area contributed by atoms with Gasteiger partial charge in [0.15, 0.2) is 5.82 Å². The number of ether oxygens (including phenoxy) is 1. The zero-order valence-corrected chi connectivity index (χ0v) is 14.7.